The van der Waals surface area contributed by atoms with Crippen LogP contribution >= 0.6 is 0 Å². The van der Waals surface area contributed by atoms with Crippen molar-refractivity contribution < 1.29 is 42.4 Å². The lowest BCUT2D eigenvalue weighted by molar-refractivity contribution is -0.385. The number of nitrogens with two attached hydrogens (primary N) is 2. The fraction of sp³-hybridized carbons (Fsp3) is 0.438. The molecule has 19 nitrogen and oxygen atoms in total. The quantitative estimate of drug-likeness (QED) is 0.0433. The van der Waals surface area contributed by atoms with Gasteiger partial charge in [-0.3, -0.25) is 39.1 Å². The van der Waals surface area contributed by atoms with Crippen LogP contribution in [0.15, 0.2) is 52.4 Å². The summed E-state index contributed by atoms with van der Waals surface area (Å²) in [6, 6.07) is 7.18. The van der Waals surface area contributed by atoms with Crippen LogP contribution in [0.1, 0.15) is 62.4 Å². The van der Waals surface area contributed by atoms with E-state index in [1.165, 1.54) is 29.2 Å². The number of rotatable bonds is 15. The number of hydrogen-bond donors (Lipinski definition) is 7. The summed E-state index contributed by atoms with van der Waals surface area (Å²) in [6.07, 6.45) is 1.09. The van der Waals surface area contributed by atoms with Crippen molar-refractivity contribution in [2.45, 2.75) is 76.4 Å². The molecule has 1 saturated heterocycles. The molecule has 0 saturated carbocycles. The Morgan fingerprint density at radius 3 is 2.29 bits per heavy atom. The summed E-state index contributed by atoms with van der Waals surface area (Å²) in [4.78, 5) is 77.6. The van der Waals surface area contributed by atoms with Crippen molar-refractivity contribution in [2.75, 3.05) is 25.0 Å². The van der Waals surface area contributed by atoms with Crippen molar-refractivity contribution in [2.24, 2.45) is 16.5 Å². The first-order valence-electron chi connectivity index (χ1n) is 16.1. The summed E-state index contributed by atoms with van der Waals surface area (Å²) in [7, 11) is -3.98. The lowest BCUT2D eigenvalue weighted by atomic mass is 10.1. The molecular formula is C32H45N9O10S. The van der Waals surface area contributed by atoms with E-state index in [0.717, 1.165) is 18.6 Å². The summed E-state index contributed by atoms with van der Waals surface area (Å²) in [6.45, 7) is 6.05. The summed E-state index contributed by atoms with van der Waals surface area (Å²) in [5.41, 5.74) is 11.0. The highest BCUT2D eigenvalue weighted by Crippen LogP contribution is 2.24. The van der Waals surface area contributed by atoms with Crippen LogP contribution in [0.2, 0.25) is 0 Å². The third-order valence-electron chi connectivity index (χ3n) is 7.32. The molecule has 1 aliphatic heterocycles. The molecule has 1 heterocycles. The maximum Gasteiger partial charge on any atom is 0.300 e. The average Bonchev–Trinajstić information content (AvgIpc) is 3.55. The molecule has 0 spiro atoms. The molecule has 4 amide bonds. The highest BCUT2D eigenvalue weighted by atomic mass is 32.2. The van der Waals surface area contributed by atoms with Gasteiger partial charge in [0.05, 0.1) is 16.4 Å². The number of guanidine groups is 1. The molecule has 0 radical (unpaired) electrons. The lowest BCUT2D eigenvalue weighted by Gasteiger charge is -2.26. The highest BCUT2D eigenvalue weighted by Gasteiger charge is 2.36. The first kappa shape index (κ1) is 42.5. The van der Waals surface area contributed by atoms with E-state index in [9.17, 15) is 37.7 Å². The number of nitrogens with one attached hydrogen (secondary N) is 4. The summed E-state index contributed by atoms with van der Waals surface area (Å²) >= 11 is 0. The number of hydrogen-bond acceptors (Lipinski definition) is 10. The SMILES string of the molecule is CC(=O)O.Cc1ccc(S(=O)(=O)NCC(=O)N2CCC[C@H]2C(=O)N[C@@H](CCCN=C(N)N)C(=O)Nc2ccc([N+](=O)[O-])c(C(=O)NC(C)C)c2)cc1. The van der Waals surface area contributed by atoms with Gasteiger partial charge >= 0.3 is 0 Å². The van der Waals surface area contributed by atoms with Gasteiger partial charge in [0, 0.05) is 37.8 Å². The van der Waals surface area contributed by atoms with Crippen molar-refractivity contribution in [3.63, 3.8) is 0 Å². The van der Waals surface area contributed by atoms with E-state index in [4.69, 9.17) is 21.4 Å². The van der Waals surface area contributed by atoms with Crippen molar-refractivity contribution in [1.29, 1.82) is 0 Å². The predicted octanol–water partition coefficient (Wildman–Crippen LogP) is 0.579. The minimum Gasteiger partial charge on any atom is -0.481 e. The third-order valence-corrected chi connectivity index (χ3v) is 8.74. The molecule has 2 aromatic carbocycles. The Morgan fingerprint density at radius 1 is 1.08 bits per heavy atom. The number of aryl methyl sites for hydroxylation is 1. The van der Waals surface area contributed by atoms with Crippen LogP contribution in [0, 0.1) is 17.0 Å². The Balaban J connectivity index is 0.00000222. The summed E-state index contributed by atoms with van der Waals surface area (Å²) in [5, 5.41) is 26.8. The van der Waals surface area contributed by atoms with E-state index in [-0.39, 0.29) is 60.5 Å². The molecule has 9 N–H and O–H groups in total. The molecule has 52 heavy (non-hydrogen) atoms. The molecule has 0 aromatic heterocycles. The predicted molar refractivity (Wildman–Crippen MR) is 191 cm³/mol. The second-order valence-corrected chi connectivity index (χ2v) is 13.8. The Kier molecular flexibility index (Phi) is 16.1. The molecule has 284 valence electrons. The number of aliphatic carboxylic acids is 1. The van der Waals surface area contributed by atoms with Crippen molar-refractivity contribution in [3.05, 3.63) is 63.7 Å². The van der Waals surface area contributed by atoms with Crippen LogP contribution in [0.5, 0.6) is 0 Å². The molecular weight excluding hydrogens is 702 g/mol. The van der Waals surface area contributed by atoms with Gasteiger partial charge in [-0.15, -0.1) is 0 Å². The normalized spacial score (nSPS) is 14.3. The minimum atomic E-state index is -3.98. The van der Waals surface area contributed by atoms with Crippen LogP contribution in [-0.2, 0) is 29.2 Å². The highest BCUT2D eigenvalue weighted by molar-refractivity contribution is 7.89. The van der Waals surface area contributed by atoms with Crippen LogP contribution in [-0.4, -0.2) is 96.7 Å². The number of carbonyl (C=O) groups excluding carboxylic acids is 4. The van der Waals surface area contributed by atoms with E-state index in [0.29, 0.717) is 6.42 Å². The summed E-state index contributed by atoms with van der Waals surface area (Å²) < 4.78 is 27.7. The Labute approximate surface area is 300 Å². The topological polar surface area (TPSA) is 299 Å². The second-order valence-electron chi connectivity index (χ2n) is 12.0. The number of nitro groups is 1. The molecule has 1 fully saturated rings. The van der Waals surface area contributed by atoms with Crippen molar-refractivity contribution in [1.82, 2.24) is 20.3 Å². The zero-order chi connectivity index (χ0) is 39.2. The van der Waals surface area contributed by atoms with Gasteiger partial charge in [-0.1, -0.05) is 17.7 Å². The second kappa shape index (κ2) is 19.7. The number of carbonyl (C=O) groups is 5. The number of amides is 4. The fourth-order valence-corrected chi connectivity index (χ4v) is 5.94. The monoisotopic (exact) mass is 747 g/mol. The Bertz CT molecular complexity index is 1760. The van der Waals surface area contributed by atoms with Gasteiger partial charge in [0.2, 0.25) is 27.7 Å². The molecule has 0 aliphatic carbocycles. The van der Waals surface area contributed by atoms with E-state index in [2.05, 4.69) is 25.7 Å². The number of sulfonamides is 1. The summed E-state index contributed by atoms with van der Waals surface area (Å²) in [5.74, 6) is -3.64. The van der Waals surface area contributed by atoms with Gasteiger partial charge < -0.3 is 37.4 Å². The van der Waals surface area contributed by atoms with Crippen LogP contribution in [0.25, 0.3) is 0 Å². The molecule has 0 bridgehead atoms. The number of nitro benzene ring substituents is 1. The van der Waals surface area contributed by atoms with Gasteiger partial charge in [0.25, 0.3) is 17.6 Å². The first-order chi connectivity index (χ1) is 24.3. The van der Waals surface area contributed by atoms with Gasteiger partial charge in [-0.2, -0.15) is 0 Å². The number of carboxylic acid groups (broad SMARTS) is 1. The third kappa shape index (κ3) is 13.6. The molecule has 2 aromatic rings. The standard InChI is InChI=1S/C30H41N9O8S.C2H4O2/c1-18(2)35-27(41)22-16-20(10-13-24(22)39(44)45)36-28(42)23(6-4-14-33-30(31)32)37-29(43)25-7-5-15-38(25)26(40)17-34-48(46,47)21-11-8-19(3)9-12-21;1-2(3)4/h8-13,16,18,23,25,34H,4-7,14-15,17H2,1-3H3,(H,35,41)(H,36,42)(H,37,43)(H4,31,32,33);1H3,(H,3,4)/t23-,25-;/m0./s1. The van der Waals surface area contributed by atoms with E-state index in [1.54, 1.807) is 26.0 Å². The molecule has 2 atom stereocenters. The minimum absolute atomic E-state index is 0.00751. The van der Waals surface area contributed by atoms with E-state index >= 15 is 0 Å². The van der Waals surface area contributed by atoms with E-state index < -0.39 is 68.9 Å². The van der Waals surface area contributed by atoms with Crippen LogP contribution in [0.3, 0.4) is 0 Å². The largest absolute Gasteiger partial charge is 0.481 e. The Morgan fingerprint density at radius 2 is 1.71 bits per heavy atom. The van der Waals surface area contributed by atoms with E-state index in [1.807, 2.05) is 6.92 Å². The van der Waals surface area contributed by atoms with Crippen molar-refractivity contribution >= 4 is 57.0 Å². The number of anilines is 1. The number of benzene rings is 2. The first-order valence-corrected chi connectivity index (χ1v) is 17.6. The zero-order valence-corrected chi connectivity index (χ0v) is 30.1. The number of likely N-dealkylation sites (tertiary alicyclic amines) is 1. The maximum atomic E-state index is 13.5. The molecule has 20 heteroatoms. The number of carboxylic acids is 1. The molecule has 1 aliphatic rings. The molecule has 0 unspecified atom stereocenters. The smallest absolute Gasteiger partial charge is 0.300 e. The number of aliphatic imine (C=N–C) groups is 1. The fourth-order valence-electron chi connectivity index (χ4n) is 4.96. The van der Waals surface area contributed by atoms with Gasteiger partial charge in [0.1, 0.15) is 17.6 Å². The van der Waals surface area contributed by atoms with Crippen LogP contribution in [0.4, 0.5) is 11.4 Å². The van der Waals surface area contributed by atoms with Crippen LogP contribution < -0.4 is 32.1 Å². The van der Waals surface area contributed by atoms with Crippen molar-refractivity contribution in [3.8, 4) is 0 Å². The van der Waals surface area contributed by atoms with Gasteiger partial charge in [-0.05, 0) is 70.7 Å². The Hall–Kier alpha value is -5.63. The lowest BCUT2D eigenvalue weighted by Crippen LogP contribution is -2.53. The van der Waals surface area contributed by atoms with Gasteiger partial charge in [0.15, 0.2) is 5.96 Å². The zero-order valence-electron chi connectivity index (χ0n) is 29.2. The average molecular weight is 748 g/mol. The number of nitrogens with zero attached hydrogens (tertiary/aromatic N) is 3. The van der Waals surface area contributed by atoms with Gasteiger partial charge in [-0.25, -0.2) is 13.1 Å². The molecule has 3 rings (SSSR count). The maximum absolute atomic E-state index is 13.5.